The Morgan fingerprint density at radius 1 is 1.21 bits per heavy atom. The number of aryl methyl sites for hydroxylation is 1. The van der Waals surface area contributed by atoms with Crippen molar-refractivity contribution in [2.24, 2.45) is 5.92 Å². The van der Waals surface area contributed by atoms with E-state index in [1.165, 1.54) is 5.56 Å². The van der Waals surface area contributed by atoms with Gasteiger partial charge >= 0.3 is 0 Å². The molecule has 6 heteroatoms. The summed E-state index contributed by atoms with van der Waals surface area (Å²) in [5, 5.41) is 9.75. The summed E-state index contributed by atoms with van der Waals surface area (Å²) in [6, 6.07) is 8.19. The van der Waals surface area contributed by atoms with Crippen LogP contribution in [0.3, 0.4) is 0 Å². The fraction of sp³-hybridized carbons (Fsp3) is 0.455. The largest absolute Gasteiger partial charge is 0.504 e. The molecule has 0 bridgehead atoms. The van der Waals surface area contributed by atoms with Crippen LogP contribution < -0.4 is 4.90 Å². The first-order valence-corrected chi connectivity index (χ1v) is 9.54. The van der Waals surface area contributed by atoms with Crippen LogP contribution in [0.1, 0.15) is 56.4 Å². The molecular weight excluding hydrogens is 354 g/mol. The zero-order valence-electron chi connectivity index (χ0n) is 16.8. The molecule has 1 unspecified atom stereocenters. The highest BCUT2D eigenvalue weighted by molar-refractivity contribution is 5.94. The van der Waals surface area contributed by atoms with Crippen molar-refractivity contribution >= 4 is 17.9 Å². The van der Waals surface area contributed by atoms with Crippen LogP contribution in [-0.4, -0.2) is 33.8 Å². The molecule has 3 rings (SSSR count). The smallest absolute Gasteiger partial charge is 0.257 e. The molecule has 28 heavy (non-hydrogen) atoms. The van der Waals surface area contributed by atoms with Crippen LogP contribution in [0.4, 0.5) is 5.69 Å². The predicted molar refractivity (Wildman–Crippen MR) is 107 cm³/mol. The summed E-state index contributed by atoms with van der Waals surface area (Å²) in [7, 11) is 0. The van der Waals surface area contributed by atoms with Crippen LogP contribution in [0.15, 0.2) is 24.3 Å². The first-order valence-electron chi connectivity index (χ1n) is 9.54. The zero-order valence-corrected chi connectivity index (χ0v) is 16.8. The number of nitrogens with zero attached hydrogens (tertiary/aromatic N) is 3. The van der Waals surface area contributed by atoms with E-state index >= 15 is 0 Å². The fourth-order valence-corrected chi connectivity index (χ4v) is 3.53. The summed E-state index contributed by atoms with van der Waals surface area (Å²) in [6.07, 6.45) is 3.37. The van der Waals surface area contributed by atoms with Gasteiger partial charge in [0.05, 0.1) is 5.69 Å². The first-order chi connectivity index (χ1) is 13.2. The Labute approximate surface area is 165 Å². The van der Waals surface area contributed by atoms with E-state index in [1.807, 2.05) is 17.0 Å². The molecule has 1 aromatic carbocycles. The Hall–Kier alpha value is -2.76. The van der Waals surface area contributed by atoms with Gasteiger partial charge in [-0.1, -0.05) is 32.9 Å². The normalized spacial score (nSPS) is 17.6. The maximum absolute atomic E-state index is 12.7. The summed E-state index contributed by atoms with van der Waals surface area (Å²) in [6.45, 7) is 8.76. The van der Waals surface area contributed by atoms with Crippen molar-refractivity contribution in [2.75, 3.05) is 11.4 Å². The third kappa shape index (κ3) is 4.21. The molecule has 0 aliphatic carbocycles. The SMILES string of the molecule is Cc1nc(CC2CCN(c3ccc(C(C)(C)C)cc3)C(=O)C2)nc([C]=O)c1O. The minimum Gasteiger partial charge on any atom is -0.504 e. The van der Waals surface area contributed by atoms with Crippen LogP contribution in [0, 0.1) is 12.8 Å². The van der Waals surface area contributed by atoms with Crippen molar-refractivity contribution in [3.05, 3.63) is 47.0 Å². The lowest BCUT2D eigenvalue weighted by Crippen LogP contribution is -2.39. The van der Waals surface area contributed by atoms with Gasteiger partial charge in [-0.3, -0.25) is 9.59 Å². The molecule has 1 radical (unpaired) electrons. The number of piperidine rings is 1. The van der Waals surface area contributed by atoms with Crippen molar-refractivity contribution < 1.29 is 14.7 Å². The minimum absolute atomic E-state index is 0.0789. The van der Waals surface area contributed by atoms with Crippen molar-refractivity contribution in [3.63, 3.8) is 0 Å². The molecule has 1 aromatic heterocycles. The van der Waals surface area contributed by atoms with Crippen LogP contribution >= 0.6 is 0 Å². The Kier molecular flexibility index (Phi) is 5.49. The Bertz CT molecular complexity index is 885. The van der Waals surface area contributed by atoms with Gasteiger partial charge in [0, 0.05) is 25.1 Å². The summed E-state index contributed by atoms with van der Waals surface area (Å²) in [5.41, 5.74) is 2.47. The molecule has 147 valence electrons. The third-order valence-electron chi connectivity index (χ3n) is 5.24. The molecule has 1 aliphatic heterocycles. The van der Waals surface area contributed by atoms with E-state index in [0.717, 1.165) is 12.1 Å². The second-order valence-electron chi connectivity index (χ2n) is 8.43. The average molecular weight is 380 g/mol. The maximum Gasteiger partial charge on any atom is 0.257 e. The lowest BCUT2D eigenvalue weighted by Gasteiger charge is -2.32. The fourth-order valence-electron chi connectivity index (χ4n) is 3.53. The van der Waals surface area contributed by atoms with Gasteiger partial charge in [0.2, 0.25) is 5.91 Å². The number of aromatic hydroxyl groups is 1. The highest BCUT2D eigenvalue weighted by Gasteiger charge is 2.28. The van der Waals surface area contributed by atoms with E-state index < -0.39 is 0 Å². The van der Waals surface area contributed by atoms with E-state index in [4.69, 9.17) is 0 Å². The second kappa shape index (κ2) is 7.70. The zero-order chi connectivity index (χ0) is 20.5. The molecule has 1 atom stereocenters. The van der Waals surface area contributed by atoms with Gasteiger partial charge < -0.3 is 10.0 Å². The minimum atomic E-state index is -0.233. The van der Waals surface area contributed by atoms with Crippen LogP contribution in [0.5, 0.6) is 5.75 Å². The number of benzene rings is 1. The number of hydrogen-bond donors (Lipinski definition) is 1. The molecule has 6 nitrogen and oxygen atoms in total. The number of rotatable bonds is 4. The highest BCUT2D eigenvalue weighted by Crippen LogP contribution is 2.29. The highest BCUT2D eigenvalue weighted by atomic mass is 16.3. The molecule has 1 aliphatic rings. The Morgan fingerprint density at radius 2 is 1.89 bits per heavy atom. The van der Waals surface area contributed by atoms with E-state index in [0.29, 0.717) is 30.9 Å². The number of anilines is 1. The lowest BCUT2D eigenvalue weighted by molar-refractivity contribution is -0.120. The second-order valence-corrected chi connectivity index (χ2v) is 8.43. The molecule has 1 N–H and O–H groups in total. The van der Waals surface area contributed by atoms with E-state index in [1.54, 1.807) is 13.2 Å². The molecule has 1 fully saturated rings. The van der Waals surface area contributed by atoms with Gasteiger partial charge in [-0.05, 0) is 42.4 Å². The van der Waals surface area contributed by atoms with Crippen LogP contribution in [-0.2, 0) is 21.4 Å². The van der Waals surface area contributed by atoms with Crippen molar-refractivity contribution in [1.82, 2.24) is 9.97 Å². The third-order valence-corrected chi connectivity index (χ3v) is 5.24. The number of carbonyl (C=O) groups is 1. The standard InChI is InChI=1S/C22H26N3O3/c1-14-21(28)18(13-26)24-19(23-14)11-15-9-10-25(20(27)12-15)17-7-5-16(6-8-17)22(2,3)4/h5-8,15,28H,9-12H2,1-4H3. The van der Waals surface area contributed by atoms with Crippen LogP contribution in [0.2, 0.25) is 0 Å². The Balaban J connectivity index is 1.68. The molecule has 2 aromatic rings. The van der Waals surface area contributed by atoms with Crippen molar-refractivity contribution in [2.45, 2.75) is 52.4 Å². The van der Waals surface area contributed by atoms with Crippen molar-refractivity contribution in [3.8, 4) is 5.75 Å². The van der Waals surface area contributed by atoms with Gasteiger partial charge in [0.15, 0.2) is 11.4 Å². The molecule has 2 heterocycles. The number of amides is 1. The van der Waals surface area contributed by atoms with Gasteiger partial charge in [0.25, 0.3) is 6.29 Å². The van der Waals surface area contributed by atoms with Gasteiger partial charge in [-0.2, -0.15) is 0 Å². The van der Waals surface area contributed by atoms with E-state index in [-0.39, 0.29) is 28.7 Å². The monoisotopic (exact) mass is 380 g/mol. The topological polar surface area (TPSA) is 83.4 Å². The summed E-state index contributed by atoms with van der Waals surface area (Å²) in [4.78, 5) is 33.8. The van der Waals surface area contributed by atoms with Gasteiger partial charge in [-0.15, -0.1) is 0 Å². The van der Waals surface area contributed by atoms with E-state index in [9.17, 15) is 14.7 Å². The number of hydrogen-bond acceptors (Lipinski definition) is 5. The van der Waals surface area contributed by atoms with Crippen LogP contribution in [0.25, 0.3) is 0 Å². The molecule has 0 saturated carbocycles. The molecule has 0 spiro atoms. The van der Waals surface area contributed by atoms with Crippen molar-refractivity contribution in [1.29, 1.82) is 0 Å². The predicted octanol–water partition coefficient (Wildman–Crippen LogP) is 3.23. The number of carbonyl (C=O) groups excluding carboxylic acids is 2. The van der Waals surface area contributed by atoms with Gasteiger partial charge in [-0.25, -0.2) is 9.97 Å². The maximum atomic E-state index is 12.7. The quantitative estimate of drug-likeness (QED) is 0.880. The average Bonchev–Trinajstić information content (AvgIpc) is 2.64. The molecule has 1 amide bonds. The Morgan fingerprint density at radius 3 is 2.46 bits per heavy atom. The van der Waals surface area contributed by atoms with E-state index in [2.05, 4.69) is 42.9 Å². The summed E-state index contributed by atoms with van der Waals surface area (Å²) >= 11 is 0. The summed E-state index contributed by atoms with van der Waals surface area (Å²) in [5.74, 6) is 0.427. The lowest BCUT2D eigenvalue weighted by atomic mass is 9.87. The molecule has 1 saturated heterocycles. The number of aromatic nitrogens is 2. The molecular formula is C22H26N3O3. The van der Waals surface area contributed by atoms with Gasteiger partial charge in [0.1, 0.15) is 5.82 Å². The first kappa shape index (κ1) is 20.0. The summed E-state index contributed by atoms with van der Waals surface area (Å²) < 4.78 is 0.